The van der Waals surface area contributed by atoms with Crippen LogP contribution in [0.5, 0.6) is 5.75 Å². The van der Waals surface area contributed by atoms with Crippen LogP contribution < -0.4 is 15.0 Å². The minimum absolute atomic E-state index is 0. The molecular weight excluding hydrogens is 336 g/mol. The van der Waals surface area contributed by atoms with Crippen molar-refractivity contribution in [3.63, 3.8) is 0 Å². The normalized spacial score (nSPS) is 14.8. The molecule has 1 atom stereocenters. The molecule has 0 amide bonds. The Hall–Kier alpha value is -1.72. The van der Waals surface area contributed by atoms with Crippen LogP contribution in [-0.2, 0) is 13.6 Å². The number of aryl methyl sites for hydroxylation is 2. The molecule has 138 valence electrons. The number of hydrogen-bond acceptors (Lipinski definition) is 4. The van der Waals surface area contributed by atoms with Gasteiger partial charge in [-0.15, -0.1) is 12.4 Å². The number of hydrogen-bond donors (Lipinski definition) is 1. The van der Waals surface area contributed by atoms with Gasteiger partial charge in [0.15, 0.2) is 0 Å². The summed E-state index contributed by atoms with van der Waals surface area (Å²) in [6.45, 7) is 2.92. The molecule has 1 aromatic heterocycles. The highest BCUT2D eigenvalue weighted by molar-refractivity contribution is 5.85. The van der Waals surface area contributed by atoms with Gasteiger partial charge in [-0.2, -0.15) is 5.10 Å². The van der Waals surface area contributed by atoms with E-state index < -0.39 is 0 Å². The molecule has 1 heterocycles. The van der Waals surface area contributed by atoms with Gasteiger partial charge in [-0.05, 0) is 43.4 Å². The Kier molecular flexibility index (Phi) is 6.36. The molecule has 2 aromatic rings. The summed E-state index contributed by atoms with van der Waals surface area (Å²) in [4.78, 5) is 2.14. The van der Waals surface area contributed by atoms with Crippen LogP contribution in [0.1, 0.15) is 35.7 Å². The second-order valence-corrected chi connectivity index (χ2v) is 6.87. The average Bonchev–Trinajstić information content (AvgIpc) is 3.34. The third-order valence-corrected chi connectivity index (χ3v) is 4.80. The van der Waals surface area contributed by atoms with E-state index in [1.165, 1.54) is 29.8 Å². The number of rotatable bonds is 7. The van der Waals surface area contributed by atoms with Crippen LogP contribution >= 0.6 is 12.4 Å². The Morgan fingerprint density at radius 1 is 1.28 bits per heavy atom. The SMILES string of the molecule is COc1ccc(C(NCc2c(C)nn(C)c2N(C)C)C2CC2)cc1.Cl. The van der Waals surface area contributed by atoms with Crippen LogP contribution in [0.25, 0.3) is 0 Å². The van der Waals surface area contributed by atoms with Gasteiger partial charge < -0.3 is 15.0 Å². The molecule has 1 aliphatic rings. The summed E-state index contributed by atoms with van der Waals surface area (Å²) in [5, 5.41) is 8.36. The van der Waals surface area contributed by atoms with Gasteiger partial charge in [0, 0.05) is 39.3 Å². The van der Waals surface area contributed by atoms with E-state index in [2.05, 4.69) is 48.5 Å². The van der Waals surface area contributed by atoms with E-state index in [0.717, 1.165) is 23.9 Å². The van der Waals surface area contributed by atoms with Crippen LogP contribution in [0.4, 0.5) is 5.82 Å². The summed E-state index contributed by atoms with van der Waals surface area (Å²) in [6.07, 6.45) is 2.60. The Labute approximate surface area is 156 Å². The molecule has 1 unspecified atom stereocenters. The molecule has 1 aromatic carbocycles. The van der Waals surface area contributed by atoms with Crippen LogP contribution in [0.2, 0.25) is 0 Å². The number of nitrogens with zero attached hydrogens (tertiary/aromatic N) is 3. The smallest absolute Gasteiger partial charge is 0.130 e. The fraction of sp³-hybridized carbons (Fsp3) is 0.526. The third kappa shape index (κ3) is 4.28. The van der Waals surface area contributed by atoms with E-state index >= 15 is 0 Å². The number of halogens is 1. The number of aromatic nitrogens is 2. The first kappa shape index (κ1) is 19.6. The van der Waals surface area contributed by atoms with E-state index in [0.29, 0.717) is 6.04 Å². The topological polar surface area (TPSA) is 42.3 Å². The molecular formula is C19H29ClN4O. The van der Waals surface area contributed by atoms with Crippen molar-refractivity contribution in [2.75, 3.05) is 26.1 Å². The van der Waals surface area contributed by atoms with Crippen molar-refractivity contribution < 1.29 is 4.74 Å². The van der Waals surface area contributed by atoms with Gasteiger partial charge >= 0.3 is 0 Å². The molecule has 1 N–H and O–H groups in total. The van der Waals surface area contributed by atoms with Crippen molar-refractivity contribution in [1.82, 2.24) is 15.1 Å². The highest BCUT2D eigenvalue weighted by atomic mass is 35.5. The summed E-state index contributed by atoms with van der Waals surface area (Å²) in [6, 6.07) is 8.85. The quantitative estimate of drug-likeness (QED) is 0.816. The Bertz CT molecular complexity index is 692. The van der Waals surface area contributed by atoms with Gasteiger partial charge in [-0.25, -0.2) is 0 Å². The molecule has 3 rings (SSSR count). The number of anilines is 1. The molecule has 0 saturated heterocycles. The average molecular weight is 365 g/mol. The van der Waals surface area contributed by atoms with E-state index in [1.807, 2.05) is 23.9 Å². The zero-order chi connectivity index (χ0) is 17.3. The minimum atomic E-state index is 0. The van der Waals surface area contributed by atoms with Crippen molar-refractivity contribution in [3.05, 3.63) is 41.1 Å². The largest absolute Gasteiger partial charge is 0.497 e. The van der Waals surface area contributed by atoms with E-state index in [-0.39, 0.29) is 12.4 Å². The lowest BCUT2D eigenvalue weighted by molar-refractivity contribution is 0.413. The maximum absolute atomic E-state index is 5.28. The first-order chi connectivity index (χ1) is 11.5. The molecule has 6 heteroatoms. The van der Waals surface area contributed by atoms with Crippen LogP contribution in [0, 0.1) is 12.8 Å². The molecule has 5 nitrogen and oxygen atoms in total. The minimum Gasteiger partial charge on any atom is -0.497 e. The maximum Gasteiger partial charge on any atom is 0.130 e. The zero-order valence-corrected chi connectivity index (χ0v) is 16.6. The van der Waals surface area contributed by atoms with Gasteiger partial charge in [0.05, 0.1) is 12.8 Å². The standard InChI is InChI=1S/C19H28N4O.ClH/c1-13-17(19(22(2)3)23(4)21-13)12-20-18(14-6-7-14)15-8-10-16(24-5)11-9-15;/h8-11,14,18,20H,6-7,12H2,1-5H3;1H. The Morgan fingerprint density at radius 2 is 1.92 bits per heavy atom. The monoisotopic (exact) mass is 364 g/mol. The van der Waals surface area contributed by atoms with E-state index in [9.17, 15) is 0 Å². The van der Waals surface area contributed by atoms with Gasteiger partial charge in [-0.1, -0.05) is 12.1 Å². The number of methoxy groups -OCH3 is 1. The Balaban J connectivity index is 0.00000225. The second kappa shape index (κ2) is 8.11. The second-order valence-electron chi connectivity index (χ2n) is 6.87. The van der Waals surface area contributed by atoms with Crippen LogP contribution in [-0.4, -0.2) is 31.0 Å². The summed E-state index contributed by atoms with van der Waals surface area (Å²) >= 11 is 0. The lowest BCUT2D eigenvalue weighted by Crippen LogP contribution is -2.24. The van der Waals surface area contributed by atoms with Gasteiger partial charge in [0.25, 0.3) is 0 Å². The predicted octanol–water partition coefficient (Wildman–Crippen LogP) is 3.47. The molecule has 0 spiro atoms. The number of ether oxygens (including phenoxy) is 1. The highest BCUT2D eigenvalue weighted by Crippen LogP contribution is 2.41. The highest BCUT2D eigenvalue weighted by Gasteiger charge is 2.32. The zero-order valence-electron chi connectivity index (χ0n) is 15.7. The third-order valence-electron chi connectivity index (χ3n) is 4.80. The molecule has 0 bridgehead atoms. The number of nitrogens with one attached hydrogen (secondary N) is 1. The molecule has 0 radical (unpaired) electrons. The van der Waals surface area contributed by atoms with Crippen LogP contribution in [0.3, 0.4) is 0 Å². The summed E-state index contributed by atoms with van der Waals surface area (Å²) in [7, 11) is 7.86. The summed E-state index contributed by atoms with van der Waals surface area (Å²) in [5.74, 6) is 2.81. The summed E-state index contributed by atoms with van der Waals surface area (Å²) in [5.41, 5.74) is 3.71. The van der Waals surface area contributed by atoms with E-state index in [1.54, 1.807) is 7.11 Å². The fourth-order valence-corrected chi connectivity index (χ4v) is 3.47. The van der Waals surface area contributed by atoms with Crippen molar-refractivity contribution in [3.8, 4) is 5.75 Å². The lowest BCUT2D eigenvalue weighted by atomic mass is 10.0. The van der Waals surface area contributed by atoms with Crippen molar-refractivity contribution in [2.24, 2.45) is 13.0 Å². The first-order valence-corrected chi connectivity index (χ1v) is 8.58. The Morgan fingerprint density at radius 3 is 2.44 bits per heavy atom. The molecule has 1 saturated carbocycles. The van der Waals surface area contributed by atoms with Gasteiger partial charge in [0.1, 0.15) is 11.6 Å². The van der Waals surface area contributed by atoms with E-state index in [4.69, 9.17) is 4.74 Å². The number of benzene rings is 1. The molecule has 1 fully saturated rings. The molecule has 0 aliphatic heterocycles. The lowest BCUT2D eigenvalue weighted by Gasteiger charge is -2.21. The first-order valence-electron chi connectivity index (χ1n) is 8.58. The van der Waals surface area contributed by atoms with Gasteiger partial charge in [-0.3, -0.25) is 4.68 Å². The summed E-state index contributed by atoms with van der Waals surface area (Å²) < 4.78 is 7.24. The molecule has 1 aliphatic carbocycles. The molecule has 25 heavy (non-hydrogen) atoms. The van der Waals surface area contributed by atoms with Gasteiger partial charge in [0.2, 0.25) is 0 Å². The predicted molar refractivity (Wildman–Crippen MR) is 105 cm³/mol. The van der Waals surface area contributed by atoms with Crippen LogP contribution in [0.15, 0.2) is 24.3 Å². The van der Waals surface area contributed by atoms with Crippen molar-refractivity contribution in [1.29, 1.82) is 0 Å². The van der Waals surface area contributed by atoms with Crippen molar-refractivity contribution in [2.45, 2.75) is 32.4 Å². The maximum atomic E-state index is 5.28. The van der Waals surface area contributed by atoms with Crippen molar-refractivity contribution >= 4 is 18.2 Å². The fourth-order valence-electron chi connectivity index (χ4n) is 3.47.